The summed E-state index contributed by atoms with van der Waals surface area (Å²) in [6, 6.07) is 15.3. The van der Waals surface area contributed by atoms with Crippen LogP contribution >= 0.6 is 0 Å². The maximum Gasteiger partial charge on any atom is 0.243 e. The van der Waals surface area contributed by atoms with E-state index in [9.17, 15) is 16.8 Å². The third-order valence-corrected chi connectivity index (χ3v) is 8.72. The molecular formula is C21H28N2O4S2. The van der Waals surface area contributed by atoms with Crippen LogP contribution in [0.5, 0.6) is 0 Å². The van der Waals surface area contributed by atoms with Crippen LogP contribution < -0.4 is 4.72 Å². The molecule has 1 N–H and O–H groups in total. The molecule has 158 valence electrons. The largest absolute Gasteiger partial charge is 0.243 e. The zero-order valence-corrected chi connectivity index (χ0v) is 18.3. The number of sulfonamides is 2. The molecule has 2 aromatic rings. The van der Waals surface area contributed by atoms with Crippen molar-refractivity contribution in [2.45, 2.75) is 48.3 Å². The van der Waals surface area contributed by atoms with E-state index >= 15 is 0 Å². The van der Waals surface area contributed by atoms with E-state index in [2.05, 4.69) is 4.72 Å². The lowest BCUT2D eigenvalue weighted by Crippen LogP contribution is -2.35. The molecule has 1 unspecified atom stereocenters. The zero-order chi connectivity index (χ0) is 20.9. The number of hydrogen-bond donors (Lipinski definition) is 1. The maximum absolute atomic E-state index is 12.7. The van der Waals surface area contributed by atoms with Gasteiger partial charge in [-0.3, -0.25) is 0 Å². The maximum atomic E-state index is 12.7. The van der Waals surface area contributed by atoms with Gasteiger partial charge in [-0.1, -0.05) is 43.7 Å². The first kappa shape index (κ1) is 22.0. The summed E-state index contributed by atoms with van der Waals surface area (Å²) in [6.45, 7) is 3.34. The first-order valence-corrected chi connectivity index (χ1v) is 12.9. The molecular weight excluding hydrogens is 408 g/mol. The molecule has 0 spiro atoms. The van der Waals surface area contributed by atoms with Crippen LogP contribution in [0.2, 0.25) is 0 Å². The van der Waals surface area contributed by atoms with E-state index in [1.54, 1.807) is 0 Å². The second-order valence-corrected chi connectivity index (χ2v) is 11.0. The quantitative estimate of drug-likeness (QED) is 0.688. The molecule has 0 aliphatic carbocycles. The Morgan fingerprint density at radius 1 is 0.862 bits per heavy atom. The van der Waals surface area contributed by atoms with E-state index < -0.39 is 20.0 Å². The van der Waals surface area contributed by atoms with Crippen molar-refractivity contribution in [3.63, 3.8) is 0 Å². The second kappa shape index (κ2) is 9.38. The first-order valence-electron chi connectivity index (χ1n) is 9.99. The van der Waals surface area contributed by atoms with Gasteiger partial charge in [-0.15, -0.1) is 0 Å². The topological polar surface area (TPSA) is 83.5 Å². The van der Waals surface area contributed by atoms with E-state index in [0.717, 1.165) is 31.2 Å². The van der Waals surface area contributed by atoms with Gasteiger partial charge >= 0.3 is 0 Å². The standard InChI is InChI=1S/C21H28N2O4S2/c1-2-18(19-9-5-3-6-10-19)17-22-28(24,25)20-11-13-21(14-12-20)29(26,27)23-15-7-4-8-16-23/h3,5-6,9-14,18,22H,2,4,7-8,15-17H2,1H3. The number of piperidine rings is 1. The highest BCUT2D eigenvalue weighted by Gasteiger charge is 2.26. The first-order chi connectivity index (χ1) is 13.8. The van der Waals surface area contributed by atoms with E-state index in [-0.39, 0.29) is 22.3 Å². The molecule has 0 bridgehead atoms. The van der Waals surface area contributed by atoms with Crippen molar-refractivity contribution in [2.75, 3.05) is 19.6 Å². The van der Waals surface area contributed by atoms with Gasteiger partial charge in [0.1, 0.15) is 0 Å². The molecule has 1 fully saturated rings. The smallest absolute Gasteiger partial charge is 0.211 e. The van der Waals surface area contributed by atoms with Gasteiger partial charge in [0.05, 0.1) is 9.79 Å². The number of nitrogens with zero attached hydrogens (tertiary/aromatic N) is 1. The fraction of sp³-hybridized carbons (Fsp3) is 0.429. The Labute approximate surface area is 174 Å². The average molecular weight is 437 g/mol. The molecule has 2 aromatic carbocycles. The lowest BCUT2D eigenvalue weighted by molar-refractivity contribution is 0.346. The summed E-state index contributed by atoms with van der Waals surface area (Å²) < 4.78 is 54.9. The van der Waals surface area contributed by atoms with E-state index in [0.29, 0.717) is 13.1 Å². The molecule has 3 rings (SSSR count). The average Bonchev–Trinajstić information content (AvgIpc) is 2.75. The lowest BCUT2D eigenvalue weighted by Gasteiger charge is -2.25. The number of benzene rings is 2. The Morgan fingerprint density at radius 3 is 2.03 bits per heavy atom. The summed E-state index contributed by atoms with van der Waals surface area (Å²) in [7, 11) is -7.29. The Bertz CT molecular complexity index is 998. The summed E-state index contributed by atoms with van der Waals surface area (Å²) in [6.07, 6.45) is 3.56. The molecule has 0 saturated carbocycles. The molecule has 1 saturated heterocycles. The van der Waals surface area contributed by atoms with Crippen LogP contribution in [0.15, 0.2) is 64.4 Å². The normalized spacial score (nSPS) is 17.1. The fourth-order valence-electron chi connectivity index (χ4n) is 3.56. The van der Waals surface area contributed by atoms with Crippen LogP contribution in [-0.2, 0) is 20.0 Å². The summed E-state index contributed by atoms with van der Waals surface area (Å²) in [4.78, 5) is 0.201. The van der Waals surface area contributed by atoms with Crippen molar-refractivity contribution < 1.29 is 16.8 Å². The molecule has 0 radical (unpaired) electrons. The molecule has 0 aromatic heterocycles. The Morgan fingerprint density at radius 2 is 1.45 bits per heavy atom. The van der Waals surface area contributed by atoms with Crippen molar-refractivity contribution in [2.24, 2.45) is 0 Å². The van der Waals surface area contributed by atoms with Crippen molar-refractivity contribution in [3.05, 3.63) is 60.2 Å². The molecule has 29 heavy (non-hydrogen) atoms. The van der Waals surface area contributed by atoms with E-state index in [4.69, 9.17) is 0 Å². The highest BCUT2D eigenvalue weighted by Crippen LogP contribution is 2.23. The number of hydrogen-bond acceptors (Lipinski definition) is 4. The summed E-state index contributed by atoms with van der Waals surface area (Å²) in [5.41, 5.74) is 1.08. The second-order valence-electron chi connectivity index (χ2n) is 7.30. The lowest BCUT2D eigenvalue weighted by atomic mass is 9.97. The Kier molecular flexibility index (Phi) is 7.10. The van der Waals surface area contributed by atoms with Crippen LogP contribution in [0.4, 0.5) is 0 Å². The number of rotatable bonds is 8. The highest BCUT2D eigenvalue weighted by atomic mass is 32.2. The molecule has 1 aliphatic heterocycles. The van der Waals surface area contributed by atoms with Gasteiger partial charge < -0.3 is 0 Å². The highest BCUT2D eigenvalue weighted by molar-refractivity contribution is 7.89. The van der Waals surface area contributed by atoms with Gasteiger partial charge in [-0.25, -0.2) is 21.6 Å². The summed E-state index contributed by atoms with van der Waals surface area (Å²) in [5, 5.41) is 0. The molecule has 1 atom stereocenters. The van der Waals surface area contributed by atoms with Crippen molar-refractivity contribution >= 4 is 20.0 Å². The van der Waals surface area contributed by atoms with Crippen molar-refractivity contribution in [1.29, 1.82) is 0 Å². The summed E-state index contributed by atoms with van der Waals surface area (Å²) >= 11 is 0. The van der Waals surface area contributed by atoms with Gasteiger partial charge in [0.2, 0.25) is 20.0 Å². The van der Waals surface area contributed by atoms with Crippen LogP contribution in [0.1, 0.15) is 44.1 Å². The third kappa shape index (κ3) is 5.25. The van der Waals surface area contributed by atoms with Crippen molar-refractivity contribution in [1.82, 2.24) is 9.03 Å². The number of nitrogens with one attached hydrogen (secondary N) is 1. The third-order valence-electron chi connectivity index (χ3n) is 5.37. The van der Waals surface area contributed by atoms with Crippen LogP contribution in [0.25, 0.3) is 0 Å². The van der Waals surface area contributed by atoms with Gasteiger partial charge in [-0.2, -0.15) is 4.31 Å². The Hall–Kier alpha value is -1.74. The van der Waals surface area contributed by atoms with Crippen molar-refractivity contribution in [3.8, 4) is 0 Å². The van der Waals surface area contributed by atoms with E-state index in [1.165, 1.54) is 28.6 Å². The van der Waals surface area contributed by atoms with E-state index in [1.807, 2.05) is 37.3 Å². The monoisotopic (exact) mass is 436 g/mol. The molecule has 6 nitrogen and oxygen atoms in total. The van der Waals surface area contributed by atoms with Gasteiger partial charge in [0.25, 0.3) is 0 Å². The SMILES string of the molecule is CCC(CNS(=O)(=O)c1ccc(S(=O)(=O)N2CCCCC2)cc1)c1ccccc1. The molecule has 1 heterocycles. The van der Waals surface area contributed by atoms with Gasteiger partial charge in [0.15, 0.2) is 0 Å². The predicted octanol–water partition coefficient (Wildman–Crippen LogP) is 3.33. The predicted molar refractivity (Wildman–Crippen MR) is 114 cm³/mol. The minimum absolute atomic E-state index is 0.0676. The Balaban J connectivity index is 1.71. The minimum atomic E-state index is -3.72. The van der Waals surface area contributed by atoms with Crippen LogP contribution in [0.3, 0.4) is 0 Å². The van der Waals surface area contributed by atoms with Crippen LogP contribution in [0, 0.1) is 0 Å². The van der Waals surface area contributed by atoms with Gasteiger partial charge in [-0.05, 0) is 55.0 Å². The van der Waals surface area contributed by atoms with Crippen LogP contribution in [-0.4, -0.2) is 40.8 Å². The minimum Gasteiger partial charge on any atom is -0.211 e. The molecule has 0 amide bonds. The fourth-order valence-corrected chi connectivity index (χ4v) is 6.16. The zero-order valence-electron chi connectivity index (χ0n) is 16.6. The van der Waals surface area contributed by atoms with Gasteiger partial charge in [0, 0.05) is 19.6 Å². The molecule has 1 aliphatic rings. The molecule has 8 heteroatoms. The summed E-state index contributed by atoms with van der Waals surface area (Å²) in [5.74, 6) is 0.0738.